The molecule has 0 saturated carbocycles. The van der Waals surface area contributed by atoms with Crippen LogP contribution in [0.4, 0.5) is 0 Å². The fourth-order valence-corrected chi connectivity index (χ4v) is 3.92. The van der Waals surface area contributed by atoms with E-state index in [1.54, 1.807) is 19.5 Å². The summed E-state index contributed by atoms with van der Waals surface area (Å²) in [5, 5.41) is 0. The highest BCUT2D eigenvalue weighted by Gasteiger charge is 2.26. The Bertz CT molecular complexity index is 975. The number of likely N-dealkylation sites (tertiary alicyclic amines) is 1. The molecule has 3 aromatic rings. The summed E-state index contributed by atoms with van der Waals surface area (Å²) >= 11 is 0. The molecule has 4 rings (SSSR count). The maximum atomic E-state index is 12.8. The first-order chi connectivity index (χ1) is 14.2. The predicted molar refractivity (Wildman–Crippen MR) is 113 cm³/mol. The second-order valence-corrected chi connectivity index (χ2v) is 7.36. The fraction of sp³-hybridized carbons (Fsp3) is 0.292. The number of carbonyl (C=O) groups excluding carboxylic acids is 1. The molecule has 148 valence electrons. The number of rotatable bonds is 5. The van der Waals surface area contributed by atoms with Crippen LogP contribution in [0.1, 0.15) is 30.0 Å². The van der Waals surface area contributed by atoms with Crippen LogP contribution in [0.15, 0.2) is 67.0 Å². The average molecular weight is 387 g/mol. The van der Waals surface area contributed by atoms with E-state index in [4.69, 9.17) is 9.72 Å². The van der Waals surface area contributed by atoms with E-state index in [-0.39, 0.29) is 11.8 Å². The van der Waals surface area contributed by atoms with Gasteiger partial charge in [0.2, 0.25) is 5.91 Å². The first-order valence-corrected chi connectivity index (χ1v) is 10.0. The summed E-state index contributed by atoms with van der Waals surface area (Å²) in [4.78, 5) is 23.8. The summed E-state index contributed by atoms with van der Waals surface area (Å²) in [7, 11) is 1.68. The van der Waals surface area contributed by atoms with E-state index < -0.39 is 0 Å². The van der Waals surface area contributed by atoms with E-state index in [1.807, 2.05) is 53.4 Å². The van der Waals surface area contributed by atoms with Crippen LogP contribution in [0.5, 0.6) is 5.75 Å². The van der Waals surface area contributed by atoms with Crippen molar-refractivity contribution in [2.75, 3.05) is 20.2 Å². The molecule has 1 saturated heterocycles. The number of nitrogens with zero attached hydrogens (tertiary/aromatic N) is 3. The smallest absolute Gasteiger partial charge is 0.227 e. The van der Waals surface area contributed by atoms with E-state index in [1.165, 1.54) is 0 Å². The van der Waals surface area contributed by atoms with Gasteiger partial charge < -0.3 is 9.64 Å². The molecule has 29 heavy (non-hydrogen) atoms. The number of aromatic nitrogens is 2. The number of ether oxygens (including phenoxy) is 1. The minimum absolute atomic E-state index is 0.156. The standard InChI is InChI=1S/C24H25N3O2/c1-29-23-12-3-2-9-20(23)22-11-4-10-21(26-22)19-8-6-14-27(17-19)24(28)15-18-7-5-13-25-16-18/h2-5,7,9-13,16,19H,6,8,14-15,17H2,1H3/t19-/m1/s1. The fourth-order valence-electron chi connectivity index (χ4n) is 3.92. The maximum Gasteiger partial charge on any atom is 0.227 e. The van der Waals surface area contributed by atoms with Gasteiger partial charge >= 0.3 is 0 Å². The molecule has 2 aromatic heterocycles. The van der Waals surface area contributed by atoms with Crippen LogP contribution in [0.3, 0.4) is 0 Å². The monoisotopic (exact) mass is 387 g/mol. The highest BCUT2D eigenvalue weighted by Crippen LogP contribution is 2.31. The summed E-state index contributed by atoms with van der Waals surface area (Å²) in [6.07, 6.45) is 5.92. The van der Waals surface area contributed by atoms with E-state index in [0.717, 1.165) is 47.7 Å². The summed E-state index contributed by atoms with van der Waals surface area (Å²) in [5.74, 6) is 1.22. The number of hydrogen-bond acceptors (Lipinski definition) is 4. The van der Waals surface area contributed by atoms with Crippen LogP contribution in [-0.2, 0) is 11.2 Å². The van der Waals surface area contributed by atoms with Crippen LogP contribution in [0.25, 0.3) is 11.3 Å². The molecule has 0 spiro atoms. The van der Waals surface area contributed by atoms with Crippen molar-refractivity contribution in [1.29, 1.82) is 0 Å². The van der Waals surface area contributed by atoms with Crippen molar-refractivity contribution in [2.24, 2.45) is 0 Å². The molecule has 0 N–H and O–H groups in total. The number of pyridine rings is 2. The van der Waals surface area contributed by atoms with Gasteiger partial charge in [0.15, 0.2) is 0 Å². The van der Waals surface area contributed by atoms with Crippen LogP contribution in [-0.4, -0.2) is 41.0 Å². The van der Waals surface area contributed by atoms with E-state index in [2.05, 4.69) is 11.1 Å². The van der Waals surface area contributed by atoms with Gasteiger partial charge in [-0.1, -0.05) is 24.3 Å². The lowest BCUT2D eigenvalue weighted by molar-refractivity contribution is -0.131. The van der Waals surface area contributed by atoms with Gasteiger partial charge in [-0.2, -0.15) is 0 Å². The van der Waals surface area contributed by atoms with Crippen molar-refractivity contribution in [3.8, 4) is 17.0 Å². The van der Waals surface area contributed by atoms with Crippen molar-refractivity contribution in [3.05, 3.63) is 78.2 Å². The molecule has 1 aliphatic rings. The molecule has 1 atom stereocenters. The van der Waals surface area contributed by atoms with Crippen molar-refractivity contribution in [3.63, 3.8) is 0 Å². The molecule has 5 heteroatoms. The Morgan fingerprint density at radius 3 is 2.86 bits per heavy atom. The number of carbonyl (C=O) groups is 1. The van der Waals surface area contributed by atoms with Crippen molar-refractivity contribution < 1.29 is 9.53 Å². The molecule has 0 unspecified atom stereocenters. The molecular formula is C24H25N3O2. The van der Waals surface area contributed by atoms with E-state index in [9.17, 15) is 4.79 Å². The lowest BCUT2D eigenvalue weighted by Crippen LogP contribution is -2.40. The first-order valence-electron chi connectivity index (χ1n) is 10.0. The minimum Gasteiger partial charge on any atom is -0.496 e. The lowest BCUT2D eigenvalue weighted by Gasteiger charge is -2.32. The molecule has 0 bridgehead atoms. The number of amides is 1. The van der Waals surface area contributed by atoms with Crippen LogP contribution >= 0.6 is 0 Å². The Labute approximate surface area is 171 Å². The molecule has 1 amide bonds. The van der Waals surface area contributed by atoms with Gasteiger partial charge in [-0.25, -0.2) is 0 Å². The van der Waals surface area contributed by atoms with E-state index in [0.29, 0.717) is 13.0 Å². The highest BCUT2D eigenvalue weighted by molar-refractivity contribution is 5.78. The van der Waals surface area contributed by atoms with Crippen molar-refractivity contribution in [1.82, 2.24) is 14.9 Å². The van der Waals surface area contributed by atoms with Crippen molar-refractivity contribution in [2.45, 2.75) is 25.2 Å². The molecule has 5 nitrogen and oxygen atoms in total. The summed E-state index contributed by atoms with van der Waals surface area (Å²) in [5.41, 5.74) is 3.87. The van der Waals surface area contributed by atoms with Crippen molar-refractivity contribution >= 4 is 5.91 Å². The zero-order valence-electron chi connectivity index (χ0n) is 16.6. The van der Waals surface area contributed by atoms with Crippen LogP contribution in [0.2, 0.25) is 0 Å². The van der Waals surface area contributed by atoms with Gasteiger partial charge in [0, 0.05) is 42.7 Å². The third kappa shape index (κ3) is 4.45. The molecule has 0 radical (unpaired) electrons. The second-order valence-electron chi connectivity index (χ2n) is 7.36. The predicted octanol–water partition coefficient (Wildman–Crippen LogP) is 4.10. The lowest BCUT2D eigenvalue weighted by atomic mass is 9.93. The van der Waals surface area contributed by atoms with Gasteiger partial charge in [0.1, 0.15) is 5.75 Å². The van der Waals surface area contributed by atoms with Crippen LogP contribution < -0.4 is 4.74 Å². The highest BCUT2D eigenvalue weighted by atomic mass is 16.5. The maximum absolute atomic E-state index is 12.8. The summed E-state index contributed by atoms with van der Waals surface area (Å²) < 4.78 is 5.49. The Morgan fingerprint density at radius 2 is 2.03 bits per heavy atom. The zero-order valence-corrected chi connectivity index (χ0v) is 16.6. The molecule has 3 heterocycles. The number of methoxy groups -OCH3 is 1. The van der Waals surface area contributed by atoms with Gasteiger partial charge in [-0.15, -0.1) is 0 Å². The Balaban J connectivity index is 1.50. The summed E-state index contributed by atoms with van der Waals surface area (Å²) in [6, 6.07) is 17.9. The minimum atomic E-state index is 0.156. The Morgan fingerprint density at radius 1 is 1.14 bits per heavy atom. The third-order valence-electron chi connectivity index (χ3n) is 5.42. The molecule has 1 fully saturated rings. The third-order valence-corrected chi connectivity index (χ3v) is 5.42. The molecule has 0 aliphatic carbocycles. The molecule has 1 aliphatic heterocycles. The Hall–Kier alpha value is -3.21. The molecular weight excluding hydrogens is 362 g/mol. The number of benzene rings is 1. The SMILES string of the molecule is COc1ccccc1-c1cccc([C@@H]2CCCN(C(=O)Cc3cccnc3)C2)n1. The Kier molecular flexibility index (Phi) is 5.84. The quantitative estimate of drug-likeness (QED) is 0.661. The number of hydrogen-bond donors (Lipinski definition) is 0. The molecule has 1 aromatic carbocycles. The topological polar surface area (TPSA) is 55.3 Å². The second kappa shape index (κ2) is 8.86. The van der Waals surface area contributed by atoms with E-state index >= 15 is 0 Å². The van der Waals surface area contributed by atoms with Gasteiger partial charge in [0.05, 0.1) is 19.2 Å². The largest absolute Gasteiger partial charge is 0.496 e. The van der Waals surface area contributed by atoms with Crippen LogP contribution in [0, 0.1) is 0 Å². The van der Waals surface area contributed by atoms with Gasteiger partial charge in [-0.3, -0.25) is 14.8 Å². The van der Waals surface area contributed by atoms with Gasteiger partial charge in [-0.05, 0) is 48.7 Å². The first kappa shape index (κ1) is 19.1. The van der Waals surface area contributed by atoms with Gasteiger partial charge in [0.25, 0.3) is 0 Å². The average Bonchev–Trinajstić information content (AvgIpc) is 2.80. The summed E-state index contributed by atoms with van der Waals surface area (Å²) in [6.45, 7) is 1.52. The number of piperidine rings is 1. The number of para-hydroxylation sites is 1. The zero-order chi connectivity index (χ0) is 20.1. The normalized spacial score (nSPS) is 16.4.